The monoisotopic (exact) mass is 168 g/mol. The van der Waals surface area contributed by atoms with Crippen molar-refractivity contribution in [3.8, 4) is 71.0 Å². The zero-order valence-corrected chi connectivity index (χ0v) is 7.00. The first-order valence-corrected chi connectivity index (χ1v) is 3.25. The van der Waals surface area contributed by atoms with Crippen molar-refractivity contribution >= 4 is 0 Å². The van der Waals surface area contributed by atoms with Gasteiger partial charge in [-0.15, -0.1) is 11.8 Å². The third-order valence-electron chi connectivity index (χ3n) is 0.688. The highest BCUT2D eigenvalue weighted by Crippen LogP contribution is 1.56. The second-order valence-corrected chi connectivity index (χ2v) is 1.50. The molecule has 0 bridgehead atoms. The lowest BCUT2D eigenvalue weighted by molar-refractivity contribution is 2.34. The normalized spacial score (nSPS) is 3.57. The summed E-state index contributed by atoms with van der Waals surface area (Å²) < 4.78 is 0. The fraction of sp³-hybridized carbons (Fsp3) is 0. The molecule has 0 rings (SSSR count). The molecule has 0 atom stereocenters. The molecule has 0 aromatic rings. The third kappa shape index (κ3) is 8.92. The van der Waals surface area contributed by atoms with Gasteiger partial charge in [-0.25, -0.2) is 11.8 Å². The van der Waals surface area contributed by atoms with Crippen molar-refractivity contribution in [2.24, 2.45) is 0 Å². The van der Waals surface area contributed by atoms with Crippen molar-refractivity contribution in [3.05, 3.63) is 12.8 Å². The molecular formula is C14-2. The summed E-state index contributed by atoms with van der Waals surface area (Å²) in [6, 6.07) is 0. The summed E-state index contributed by atoms with van der Waals surface area (Å²) in [6.45, 7) is 0. The lowest BCUT2D eigenvalue weighted by Crippen LogP contribution is -1.54. The lowest BCUT2D eigenvalue weighted by atomic mass is 10.5. The number of hydrogen-bond donors (Lipinski definition) is 0. The van der Waals surface area contributed by atoms with Gasteiger partial charge in [0.15, 0.2) is 0 Å². The van der Waals surface area contributed by atoms with E-state index in [1.54, 1.807) is 0 Å². The molecule has 0 heterocycles. The second-order valence-electron chi connectivity index (χ2n) is 1.50. The van der Waals surface area contributed by atoms with E-state index in [9.17, 15) is 0 Å². The molecular weight excluding hydrogens is 168 g/mol. The predicted octanol–water partition coefficient (Wildman–Crippen LogP) is 0.183. The highest BCUT2D eigenvalue weighted by atomic mass is 13.6. The summed E-state index contributed by atoms with van der Waals surface area (Å²) >= 11 is 0. The topological polar surface area (TPSA) is 0 Å². The molecule has 14 heavy (non-hydrogen) atoms. The maximum atomic E-state index is 6.43. The quantitative estimate of drug-likeness (QED) is 0.357. The van der Waals surface area contributed by atoms with E-state index in [4.69, 9.17) is 12.8 Å². The van der Waals surface area contributed by atoms with Crippen LogP contribution < -0.4 is 0 Å². The summed E-state index contributed by atoms with van der Waals surface area (Å²) in [7, 11) is 0. The molecule has 0 nitrogen and oxygen atoms in total. The summed E-state index contributed by atoms with van der Waals surface area (Å²) in [5, 5.41) is 0. The van der Waals surface area contributed by atoms with Crippen LogP contribution in [-0.2, 0) is 0 Å². The summed E-state index contributed by atoms with van der Waals surface area (Å²) in [5.41, 5.74) is 0. The molecule has 0 N–H and O–H groups in total. The minimum atomic E-state index is 1.86. The minimum Gasteiger partial charge on any atom is -0.358 e. The molecule has 0 radical (unpaired) electrons. The van der Waals surface area contributed by atoms with E-state index in [0.29, 0.717) is 0 Å². The molecule has 0 aliphatic heterocycles. The van der Waals surface area contributed by atoms with E-state index >= 15 is 0 Å². The highest BCUT2D eigenvalue weighted by Gasteiger charge is 1.51. The second kappa shape index (κ2) is 9.92. The van der Waals surface area contributed by atoms with Crippen LogP contribution in [-0.4, -0.2) is 0 Å². The van der Waals surface area contributed by atoms with Gasteiger partial charge in [-0.1, -0.05) is 0 Å². The van der Waals surface area contributed by atoms with Gasteiger partial charge in [0.2, 0.25) is 0 Å². The number of rotatable bonds is 0. The Bertz CT molecular complexity index is 521. The zero-order chi connectivity index (χ0) is 10.5. The molecule has 0 aromatic heterocycles. The van der Waals surface area contributed by atoms with E-state index in [-0.39, 0.29) is 0 Å². The standard InChI is InChI=1S/C14/c1-3-5-7-9-11-13-14-12-10-8-6-4-2/q-2. The van der Waals surface area contributed by atoms with Crippen LogP contribution in [0.15, 0.2) is 0 Å². The van der Waals surface area contributed by atoms with Crippen LogP contribution in [0.25, 0.3) is 0 Å². The molecule has 0 heteroatoms. The Morgan fingerprint density at radius 2 is 0.571 bits per heavy atom. The van der Waals surface area contributed by atoms with Crippen LogP contribution in [0.3, 0.4) is 0 Å². The third-order valence-corrected chi connectivity index (χ3v) is 0.688. The van der Waals surface area contributed by atoms with Crippen LogP contribution in [0.1, 0.15) is 0 Å². The van der Waals surface area contributed by atoms with E-state index in [0.717, 1.165) is 0 Å². The minimum absolute atomic E-state index is 1.86. The Labute approximate surface area is 84.5 Å². The first-order valence-electron chi connectivity index (χ1n) is 3.25. The van der Waals surface area contributed by atoms with Gasteiger partial charge in [-0.3, -0.25) is 11.8 Å². The summed E-state index contributed by atoms with van der Waals surface area (Å²) in [6.07, 6.45) is 12.9. The van der Waals surface area contributed by atoms with Gasteiger partial charge in [-0.05, 0) is 35.5 Å². The molecule has 0 amide bonds. The van der Waals surface area contributed by atoms with Crippen LogP contribution in [0, 0.1) is 83.9 Å². The smallest absolute Gasteiger partial charge is 0.0000587 e. The van der Waals surface area contributed by atoms with Crippen molar-refractivity contribution in [3.63, 3.8) is 0 Å². The van der Waals surface area contributed by atoms with Gasteiger partial charge in [0.1, 0.15) is 0 Å². The van der Waals surface area contributed by atoms with E-state index < -0.39 is 0 Å². The molecule has 0 fully saturated rings. The molecule has 0 aliphatic carbocycles. The van der Waals surface area contributed by atoms with Crippen LogP contribution in [0.2, 0.25) is 0 Å². The van der Waals surface area contributed by atoms with Crippen LogP contribution >= 0.6 is 0 Å². The van der Waals surface area contributed by atoms with Crippen LogP contribution in [0.5, 0.6) is 0 Å². The fourth-order valence-corrected chi connectivity index (χ4v) is 0.312. The number of hydrogen-bond acceptors (Lipinski definition) is 0. The van der Waals surface area contributed by atoms with Crippen molar-refractivity contribution in [2.45, 2.75) is 0 Å². The predicted molar refractivity (Wildman–Crippen MR) is 53.1 cm³/mol. The van der Waals surface area contributed by atoms with Gasteiger partial charge in [0.05, 0.1) is 0 Å². The van der Waals surface area contributed by atoms with E-state index in [2.05, 4.69) is 59.2 Å². The fourth-order valence-electron chi connectivity index (χ4n) is 0.312. The Morgan fingerprint density at radius 3 is 0.786 bits per heavy atom. The lowest BCUT2D eigenvalue weighted by Gasteiger charge is -1.64. The molecule has 58 valence electrons. The van der Waals surface area contributed by atoms with Gasteiger partial charge in [0, 0.05) is 0 Å². The van der Waals surface area contributed by atoms with Crippen molar-refractivity contribution in [2.75, 3.05) is 0 Å². The molecule has 0 unspecified atom stereocenters. The molecule has 0 saturated heterocycles. The highest BCUT2D eigenvalue weighted by molar-refractivity contribution is 5.44. The van der Waals surface area contributed by atoms with Crippen LogP contribution in [0.4, 0.5) is 0 Å². The van der Waals surface area contributed by atoms with Gasteiger partial charge in [0.25, 0.3) is 0 Å². The van der Waals surface area contributed by atoms with E-state index in [1.807, 2.05) is 11.8 Å². The Hall–Kier alpha value is -3.08. The Morgan fingerprint density at radius 1 is 0.357 bits per heavy atom. The average Bonchev–Trinajstić information content (AvgIpc) is 2.21. The SMILES string of the molecule is [C-]#CC#CC#CC#CC#CC#CC#[C-]. The summed E-state index contributed by atoms with van der Waals surface area (Å²) in [4.78, 5) is 0. The van der Waals surface area contributed by atoms with Gasteiger partial charge < -0.3 is 12.8 Å². The maximum Gasteiger partial charge on any atom is -0.0000587 e. The zero-order valence-electron chi connectivity index (χ0n) is 7.00. The van der Waals surface area contributed by atoms with Gasteiger partial charge >= 0.3 is 0 Å². The van der Waals surface area contributed by atoms with Crippen molar-refractivity contribution < 1.29 is 0 Å². The first kappa shape index (κ1) is 10.9. The summed E-state index contributed by atoms with van der Waals surface area (Å²) in [5.74, 6) is 27.1. The molecule has 0 aromatic carbocycles. The van der Waals surface area contributed by atoms with Crippen molar-refractivity contribution in [1.29, 1.82) is 0 Å². The average molecular weight is 168 g/mol. The van der Waals surface area contributed by atoms with E-state index in [1.165, 1.54) is 0 Å². The maximum absolute atomic E-state index is 6.43. The Kier molecular flexibility index (Phi) is 7.74. The van der Waals surface area contributed by atoms with Crippen molar-refractivity contribution in [1.82, 2.24) is 0 Å². The van der Waals surface area contributed by atoms with Gasteiger partial charge in [-0.2, -0.15) is 0 Å². The molecule has 0 spiro atoms. The Balaban J connectivity index is 4.20. The molecule has 0 aliphatic rings. The molecule has 0 saturated carbocycles. The largest absolute Gasteiger partial charge is 0.358 e. The first-order chi connectivity index (χ1) is 6.91.